The molecule has 0 spiro atoms. The van der Waals surface area contributed by atoms with E-state index in [1.54, 1.807) is 6.92 Å². The largest absolute Gasteiger partial charge is 0.481 e. The summed E-state index contributed by atoms with van der Waals surface area (Å²) in [6.45, 7) is 2.93. The van der Waals surface area contributed by atoms with Gasteiger partial charge < -0.3 is 20.5 Å². The van der Waals surface area contributed by atoms with E-state index in [4.69, 9.17) is 9.84 Å². The Kier molecular flexibility index (Phi) is 5.04. The second kappa shape index (κ2) is 6.32. The molecule has 16 heavy (non-hydrogen) atoms. The van der Waals surface area contributed by atoms with Gasteiger partial charge >= 0.3 is 12.0 Å². The first-order valence-electron chi connectivity index (χ1n) is 5.44. The van der Waals surface area contributed by atoms with Crippen LogP contribution in [0.15, 0.2) is 0 Å². The Labute approximate surface area is 94.3 Å². The van der Waals surface area contributed by atoms with Gasteiger partial charge in [-0.05, 0) is 19.8 Å². The van der Waals surface area contributed by atoms with Crippen molar-refractivity contribution in [2.24, 2.45) is 0 Å². The normalized spacial score (nSPS) is 22.2. The number of carbonyl (C=O) groups excluding carboxylic acids is 1. The van der Waals surface area contributed by atoms with Crippen molar-refractivity contribution >= 4 is 12.0 Å². The van der Waals surface area contributed by atoms with Crippen LogP contribution in [0.5, 0.6) is 0 Å². The van der Waals surface area contributed by atoms with Gasteiger partial charge in [-0.2, -0.15) is 0 Å². The molecule has 6 heteroatoms. The number of rotatable bonds is 4. The van der Waals surface area contributed by atoms with E-state index in [0.29, 0.717) is 6.61 Å². The number of ether oxygens (including phenoxy) is 1. The minimum absolute atomic E-state index is 0.0331. The van der Waals surface area contributed by atoms with Crippen molar-refractivity contribution in [2.45, 2.75) is 38.3 Å². The fourth-order valence-corrected chi connectivity index (χ4v) is 1.62. The number of carbonyl (C=O) groups is 2. The smallest absolute Gasteiger partial charge is 0.315 e. The lowest BCUT2D eigenvalue weighted by molar-refractivity contribution is -0.137. The molecular formula is C10H18N2O4. The first kappa shape index (κ1) is 12.8. The molecule has 0 radical (unpaired) electrons. The summed E-state index contributed by atoms with van der Waals surface area (Å²) >= 11 is 0. The van der Waals surface area contributed by atoms with Gasteiger partial charge in [0.15, 0.2) is 0 Å². The molecule has 1 fully saturated rings. The first-order chi connectivity index (χ1) is 7.58. The third kappa shape index (κ3) is 4.97. The Morgan fingerprint density at radius 1 is 1.56 bits per heavy atom. The molecule has 1 aliphatic rings. The summed E-state index contributed by atoms with van der Waals surface area (Å²) in [5.41, 5.74) is 0. The average Bonchev–Trinajstić information content (AvgIpc) is 2.17. The molecule has 1 saturated heterocycles. The van der Waals surface area contributed by atoms with Gasteiger partial charge in [-0.3, -0.25) is 4.79 Å². The molecule has 3 N–H and O–H groups in total. The molecule has 0 aromatic heterocycles. The van der Waals surface area contributed by atoms with Crippen molar-refractivity contribution in [3.8, 4) is 0 Å². The topological polar surface area (TPSA) is 87.7 Å². The van der Waals surface area contributed by atoms with Crippen molar-refractivity contribution in [1.82, 2.24) is 10.6 Å². The maximum atomic E-state index is 11.4. The summed E-state index contributed by atoms with van der Waals surface area (Å²) in [6.07, 6.45) is 1.77. The number of aliphatic carboxylic acids is 1. The van der Waals surface area contributed by atoms with Crippen LogP contribution in [0.2, 0.25) is 0 Å². The van der Waals surface area contributed by atoms with Crippen LogP contribution in [0, 0.1) is 0 Å². The fraction of sp³-hybridized carbons (Fsp3) is 0.800. The highest BCUT2D eigenvalue weighted by molar-refractivity contribution is 5.75. The molecule has 2 unspecified atom stereocenters. The van der Waals surface area contributed by atoms with Crippen LogP contribution in [0.25, 0.3) is 0 Å². The predicted octanol–water partition coefficient (Wildman–Crippen LogP) is 0.328. The van der Waals surface area contributed by atoms with E-state index in [9.17, 15) is 9.59 Å². The van der Waals surface area contributed by atoms with Gasteiger partial charge in [0.05, 0.1) is 19.1 Å². The van der Waals surface area contributed by atoms with Gasteiger partial charge in [0.1, 0.15) is 0 Å². The zero-order valence-electron chi connectivity index (χ0n) is 9.36. The SMILES string of the molecule is CC(CC(=O)O)NC(=O)NC1CCCOC1. The van der Waals surface area contributed by atoms with Crippen molar-refractivity contribution in [3.05, 3.63) is 0 Å². The lowest BCUT2D eigenvalue weighted by Crippen LogP contribution is -2.48. The maximum Gasteiger partial charge on any atom is 0.315 e. The minimum Gasteiger partial charge on any atom is -0.481 e. The van der Waals surface area contributed by atoms with Gasteiger partial charge in [0, 0.05) is 12.6 Å². The molecule has 1 heterocycles. The molecule has 0 aromatic rings. The summed E-state index contributed by atoms with van der Waals surface area (Å²) in [5.74, 6) is -0.922. The number of carboxylic acid groups (broad SMARTS) is 1. The molecule has 1 rings (SSSR count). The highest BCUT2D eigenvalue weighted by Crippen LogP contribution is 2.05. The molecule has 0 aliphatic carbocycles. The third-order valence-corrected chi connectivity index (χ3v) is 2.35. The molecule has 6 nitrogen and oxygen atoms in total. The summed E-state index contributed by atoms with van der Waals surface area (Å²) in [7, 11) is 0. The highest BCUT2D eigenvalue weighted by atomic mass is 16.5. The Morgan fingerprint density at radius 2 is 2.31 bits per heavy atom. The van der Waals surface area contributed by atoms with Gasteiger partial charge in [-0.25, -0.2) is 4.79 Å². The molecule has 92 valence electrons. The van der Waals surface area contributed by atoms with E-state index in [1.165, 1.54) is 0 Å². The molecule has 2 amide bonds. The average molecular weight is 230 g/mol. The number of hydrogen-bond acceptors (Lipinski definition) is 3. The fourth-order valence-electron chi connectivity index (χ4n) is 1.62. The quantitative estimate of drug-likeness (QED) is 0.649. The van der Waals surface area contributed by atoms with E-state index in [1.807, 2.05) is 0 Å². The van der Waals surface area contributed by atoms with Gasteiger partial charge in [0.2, 0.25) is 0 Å². The second-order valence-corrected chi connectivity index (χ2v) is 4.03. The predicted molar refractivity (Wildman–Crippen MR) is 57.2 cm³/mol. The first-order valence-corrected chi connectivity index (χ1v) is 5.44. The van der Waals surface area contributed by atoms with E-state index < -0.39 is 5.97 Å². The Balaban J connectivity index is 2.21. The van der Waals surface area contributed by atoms with E-state index >= 15 is 0 Å². The summed E-state index contributed by atoms with van der Waals surface area (Å²) in [4.78, 5) is 21.8. The van der Waals surface area contributed by atoms with Crippen molar-refractivity contribution in [1.29, 1.82) is 0 Å². The van der Waals surface area contributed by atoms with E-state index in [2.05, 4.69) is 10.6 Å². The summed E-state index contributed by atoms with van der Waals surface area (Å²) in [6, 6.07) is -0.669. The highest BCUT2D eigenvalue weighted by Gasteiger charge is 2.17. The van der Waals surface area contributed by atoms with Crippen molar-refractivity contribution < 1.29 is 19.4 Å². The Hall–Kier alpha value is -1.30. The molecular weight excluding hydrogens is 212 g/mol. The van der Waals surface area contributed by atoms with Crippen LogP contribution < -0.4 is 10.6 Å². The van der Waals surface area contributed by atoms with E-state index in [0.717, 1.165) is 19.4 Å². The van der Waals surface area contributed by atoms with E-state index in [-0.39, 0.29) is 24.5 Å². The minimum atomic E-state index is -0.922. The molecule has 0 bridgehead atoms. The molecule has 2 atom stereocenters. The standard InChI is InChI=1S/C10H18N2O4/c1-7(5-9(13)14)11-10(15)12-8-3-2-4-16-6-8/h7-8H,2-6H2,1H3,(H,13,14)(H2,11,12,15). The monoisotopic (exact) mass is 230 g/mol. The third-order valence-electron chi connectivity index (χ3n) is 2.35. The van der Waals surface area contributed by atoms with Gasteiger partial charge in [0.25, 0.3) is 0 Å². The number of amides is 2. The van der Waals surface area contributed by atoms with Crippen LogP contribution in [0.4, 0.5) is 4.79 Å². The van der Waals surface area contributed by atoms with Crippen LogP contribution in [0.3, 0.4) is 0 Å². The maximum absolute atomic E-state index is 11.4. The molecule has 0 aromatic carbocycles. The van der Waals surface area contributed by atoms with Crippen LogP contribution in [-0.4, -0.2) is 42.4 Å². The lowest BCUT2D eigenvalue weighted by atomic mass is 10.1. The summed E-state index contributed by atoms with van der Waals surface area (Å²) < 4.78 is 5.22. The van der Waals surface area contributed by atoms with Crippen LogP contribution in [-0.2, 0) is 9.53 Å². The molecule has 0 saturated carbocycles. The Morgan fingerprint density at radius 3 is 2.88 bits per heavy atom. The number of hydrogen-bond donors (Lipinski definition) is 3. The van der Waals surface area contributed by atoms with Gasteiger partial charge in [-0.15, -0.1) is 0 Å². The van der Waals surface area contributed by atoms with Crippen molar-refractivity contribution in [2.75, 3.05) is 13.2 Å². The van der Waals surface area contributed by atoms with Gasteiger partial charge in [-0.1, -0.05) is 0 Å². The summed E-state index contributed by atoms with van der Waals surface area (Å²) in [5, 5.41) is 13.9. The lowest BCUT2D eigenvalue weighted by Gasteiger charge is -2.24. The van der Waals surface area contributed by atoms with Crippen molar-refractivity contribution in [3.63, 3.8) is 0 Å². The van der Waals surface area contributed by atoms with Crippen LogP contribution in [0.1, 0.15) is 26.2 Å². The zero-order valence-corrected chi connectivity index (χ0v) is 9.36. The number of nitrogens with one attached hydrogen (secondary N) is 2. The Bertz CT molecular complexity index is 251. The van der Waals surface area contributed by atoms with Crippen LogP contribution >= 0.6 is 0 Å². The number of carboxylic acids is 1. The zero-order chi connectivity index (χ0) is 12.0. The second-order valence-electron chi connectivity index (χ2n) is 4.03. The number of urea groups is 1. The molecule has 1 aliphatic heterocycles.